The molecule has 2 atom stereocenters. The van der Waals surface area contributed by atoms with Crippen molar-refractivity contribution in [2.75, 3.05) is 13.7 Å². The van der Waals surface area contributed by atoms with Gasteiger partial charge in [0.05, 0.1) is 12.7 Å². The van der Waals surface area contributed by atoms with E-state index < -0.39 is 0 Å². The fraction of sp³-hybridized carbons (Fsp3) is 0.533. The molecule has 1 saturated carbocycles. The van der Waals surface area contributed by atoms with E-state index in [2.05, 4.69) is 5.32 Å². The van der Waals surface area contributed by atoms with Crippen LogP contribution in [-0.2, 0) is 0 Å². The van der Waals surface area contributed by atoms with E-state index >= 15 is 0 Å². The van der Waals surface area contributed by atoms with Crippen molar-refractivity contribution in [2.24, 2.45) is 11.7 Å². The first kappa shape index (κ1) is 13.9. The van der Waals surface area contributed by atoms with Gasteiger partial charge in [-0.3, -0.25) is 4.79 Å². The summed E-state index contributed by atoms with van der Waals surface area (Å²) in [5, 5.41) is 3.10. The first-order chi connectivity index (χ1) is 9.15. The van der Waals surface area contributed by atoms with E-state index in [1.54, 1.807) is 7.11 Å². The van der Waals surface area contributed by atoms with Gasteiger partial charge in [0.1, 0.15) is 5.75 Å². The molecule has 2 unspecified atom stereocenters. The number of hydrogen-bond acceptors (Lipinski definition) is 3. The van der Waals surface area contributed by atoms with Crippen LogP contribution in [0.5, 0.6) is 5.75 Å². The molecule has 4 nitrogen and oxygen atoms in total. The van der Waals surface area contributed by atoms with Crippen LogP contribution in [0.3, 0.4) is 0 Å². The average molecular weight is 262 g/mol. The summed E-state index contributed by atoms with van der Waals surface area (Å²) in [5.74, 6) is 0.955. The molecule has 1 aromatic rings. The third kappa shape index (κ3) is 3.07. The zero-order valence-corrected chi connectivity index (χ0v) is 11.6. The van der Waals surface area contributed by atoms with Gasteiger partial charge in [0.2, 0.25) is 0 Å². The molecule has 19 heavy (non-hydrogen) atoms. The molecular formula is C15H22N2O2. The molecule has 104 valence electrons. The minimum atomic E-state index is -0.0640. The van der Waals surface area contributed by atoms with Gasteiger partial charge in [-0.25, -0.2) is 0 Å². The Balaban J connectivity index is 2.13. The first-order valence-electron chi connectivity index (χ1n) is 6.81. The second kappa shape index (κ2) is 6.06. The standard InChI is InChI=1S/C15H22N2O2/c1-10-6-7-14(19-2)12(8-10)15(18)17-13-5-3-4-11(13)9-16/h6-8,11,13H,3-5,9,16H2,1-2H3,(H,17,18). The summed E-state index contributed by atoms with van der Waals surface area (Å²) in [6.07, 6.45) is 3.26. The Bertz CT molecular complexity index is 459. The summed E-state index contributed by atoms with van der Waals surface area (Å²) in [6, 6.07) is 5.83. The zero-order chi connectivity index (χ0) is 13.8. The molecular weight excluding hydrogens is 240 g/mol. The molecule has 1 aliphatic rings. The van der Waals surface area contributed by atoms with Crippen molar-refractivity contribution >= 4 is 5.91 Å². The lowest BCUT2D eigenvalue weighted by atomic mass is 10.0. The number of carbonyl (C=O) groups excluding carboxylic acids is 1. The second-order valence-corrected chi connectivity index (χ2v) is 5.21. The lowest BCUT2D eigenvalue weighted by molar-refractivity contribution is 0.0925. The highest BCUT2D eigenvalue weighted by Gasteiger charge is 2.28. The van der Waals surface area contributed by atoms with E-state index in [1.807, 2.05) is 25.1 Å². The number of amides is 1. The molecule has 3 N–H and O–H groups in total. The van der Waals surface area contributed by atoms with Crippen LogP contribution < -0.4 is 15.8 Å². The highest BCUT2D eigenvalue weighted by molar-refractivity contribution is 5.97. The van der Waals surface area contributed by atoms with Crippen molar-refractivity contribution < 1.29 is 9.53 Å². The molecule has 0 aliphatic heterocycles. The maximum atomic E-state index is 12.4. The number of aryl methyl sites for hydroxylation is 1. The molecule has 0 radical (unpaired) electrons. The second-order valence-electron chi connectivity index (χ2n) is 5.21. The van der Waals surface area contributed by atoms with E-state index in [0.717, 1.165) is 24.8 Å². The van der Waals surface area contributed by atoms with Crippen molar-refractivity contribution in [3.63, 3.8) is 0 Å². The van der Waals surface area contributed by atoms with E-state index in [0.29, 0.717) is 23.8 Å². The molecule has 1 amide bonds. The average Bonchev–Trinajstić information content (AvgIpc) is 2.85. The van der Waals surface area contributed by atoms with Crippen LogP contribution in [0.4, 0.5) is 0 Å². The summed E-state index contributed by atoms with van der Waals surface area (Å²) >= 11 is 0. The first-order valence-corrected chi connectivity index (χ1v) is 6.81. The minimum Gasteiger partial charge on any atom is -0.496 e. The van der Waals surface area contributed by atoms with E-state index in [9.17, 15) is 4.79 Å². The Morgan fingerprint density at radius 3 is 2.95 bits per heavy atom. The predicted molar refractivity (Wildman–Crippen MR) is 75.4 cm³/mol. The van der Waals surface area contributed by atoms with Crippen molar-refractivity contribution in [2.45, 2.75) is 32.2 Å². The SMILES string of the molecule is COc1ccc(C)cc1C(=O)NC1CCCC1CN. The molecule has 1 aromatic carbocycles. The lowest BCUT2D eigenvalue weighted by Gasteiger charge is -2.20. The Labute approximate surface area is 114 Å². The number of methoxy groups -OCH3 is 1. The van der Waals surface area contributed by atoms with Gasteiger partial charge in [0.25, 0.3) is 5.91 Å². The fourth-order valence-electron chi connectivity index (χ4n) is 2.75. The van der Waals surface area contributed by atoms with Crippen LogP contribution in [-0.4, -0.2) is 25.6 Å². The van der Waals surface area contributed by atoms with Gasteiger partial charge in [0.15, 0.2) is 0 Å². The molecule has 1 aliphatic carbocycles. The lowest BCUT2D eigenvalue weighted by Crippen LogP contribution is -2.40. The van der Waals surface area contributed by atoms with Gasteiger partial charge in [-0.15, -0.1) is 0 Å². The Morgan fingerprint density at radius 2 is 2.26 bits per heavy atom. The molecule has 0 bridgehead atoms. The molecule has 0 saturated heterocycles. The molecule has 1 fully saturated rings. The molecule has 0 aromatic heterocycles. The van der Waals surface area contributed by atoms with Gasteiger partial charge < -0.3 is 15.8 Å². The fourth-order valence-corrected chi connectivity index (χ4v) is 2.75. The Hall–Kier alpha value is -1.55. The third-order valence-corrected chi connectivity index (χ3v) is 3.88. The highest BCUT2D eigenvalue weighted by Crippen LogP contribution is 2.26. The maximum absolute atomic E-state index is 12.4. The number of benzene rings is 1. The van der Waals surface area contributed by atoms with Gasteiger partial charge in [0, 0.05) is 6.04 Å². The monoisotopic (exact) mass is 262 g/mol. The summed E-state index contributed by atoms with van der Waals surface area (Å²) < 4.78 is 5.25. The van der Waals surface area contributed by atoms with Crippen molar-refractivity contribution in [3.05, 3.63) is 29.3 Å². The Morgan fingerprint density at radius 1 is 1.47 bits per heavy atom. The van der Waals surface area contributed by atoms with Crippen LogP contribution >= 0.6 is 0 Å². The van der Waals surface area contributed by atoms with E-state index in [1.165, 1.54) is 0 Å². The predicted octanol–water partition coefficient (Wildman–Crippen LogP) is 1.86. The number of nitrogens with one attached hydrogen (secondary N) is 1. The normalized spacial score (nSPS) is 22.3. The number of rotatable bonds is 4. The molecule has 2 rings (SSSR count). The van der Waals surface area contributed by atoms with Crippen molar-refractivity contribution in [3.8, 4) is 5.75 Å². The van der Waals surface area contributed by atoms with Crippen molar-refractivity contribution in [1.82, 2.24) is 5.32 Å². The van der Waals surface area contributed by atoms with Crippen LogP contribution in [0.2, 0.25) is 0 Å². The minimum absolute atomic E-state index is 0.0640. The van der Waals surface area contributed by atoms with Gasteiger partial charge >= 0.3 is 0 Å². The number of carbonyl (C=O) groups is 1. The van der Waals surface area contributed by atoms with E-state index in [4.69, 9.17) is 10.5 Å². The maximum Gasteiger partial charge on any atom is 0.255 e. The smallest absolute Gasteiger partial charge is 0.255 e. The summed E-state index contributed by atoms with van der Waals surface area (Å²) in [5.41, 5.74) is 7.39. The van der Waals surface area contributed by atoms with E-state index in [-0.39, 0.29) is 11.9 Å². The largest absolute Gasteiger partial charge is 0.496 e. The number of nitrogens with two attached hydrogens (primary N) is 1. The number of hydrogen-bond donors (Lipinski definition) is 2. The van der Waals surface area contributed by atoms with Crippen LogP contribution in [0.15, 0.2) is 18.2 Å². The topological polar surface area (TPSA) is 64.3 Å². The molecule has 0 heterocycles. The van der Waals surface area contributed by atoms with Crippen LogP contribution in [0.25, 0.3) is 0 Å². The quantitative estimate of drug-likeness (QED) is 0.870. The van der Waals surface area contributed by atoms with Gasteiger partial charge in [-0.2, -0.15) is 0 Å². The van der Waals surface area contributed by atoms with Crippen LogP contribution in [0, 0.1) is 12.8 Å². The summed E-state index contributed by atoms with van der Waals surface area (Å²) in [6.45, 7) is 2.60. The summed E-state index contributed by atoms with van der Waals surface area (Å²) in [4.78, 5) is 12.4. The summed E-state index contributed by atoms with van der Waals surface area (Å²) in [7, 11) is 1.58. The van der Waals surface area contributed by atoms with Crippen LogP contribution in [0.1, 0.15) is 35.2 Å². The third-order valence-electron chi connectivity index (χ3n) is 3.88. The highest BCUT2D eigenvalue weighted by atomic mass is 16.5. The van der Waals surface area contributed by atoms with Crippen molar-refractivity contribution in [1.29, 1.82) is 0 Å². The van der Waals surface area contributed by atoms with Gasteiger partial charge in [-0.1, -0.05) is 18.1 Å². The number of ether oxygens (including phenoxy) is 1. The molecule has 0 spiro atoms. The van der Waals surface area contributed by atoms with Gasteiger partial charge in [-0.05, 0) is 44.4 Å². The zero-order valence-electron chi connectivity index (χ0n) is 11.6. The Kier molecular flexibility index (Phi) is 4.43. The molecule has 4 heteroatoms.